The molecule has 26 heavy (non-hydrogen) atoms. The Labute approximate surface area is 159 Å². The van der Waals surface area contributed by atoms with Gasteiger partial charge >= 0.3 is 0 Å². The van der Waals surface area contributed by atoms with Crippen LogP contribution in [0.15, 0.2) is 40.9 Å². The van der Waals surface area contributed by atoms with E-state index in [2.05, 4.69) is 15.9 Å². The van der Waals surface area contributed by atoms with E-state index < -0.39 is 5.82 Å². The van der Waals surface area contributed by atoms with Gasteiger partial charge in [0.25, 0.3) is 5.91 Å². The number of hydrogen-bond acceptors (Lipinski definition) is 4. The molecule has 5 nitrogen and oxygen atoms in total. The van der Waals surface area contributed by atoms with Gasteiger partial charge in [-0.25, -0.2) is 4.39 Å². The third kappa shape index (κ3) is 5.05. The molecule has 0 saturated heterocycles. The van der Waals surface area contributed by atoms with Crippen LogP contribution in [0.1, 0.15) is 22.8 Å². The molecule has 0 saturated carbocycles. The Morgan fingerprint density at radius 3 is 2.46 bits per heavy atom. The summed E-state index contributed by atoms with van der Waals surface area (Å²) in [5, 5.41) is 0. The summed E-state index contributed by atoms with van der Waals surface area (Å²) in [5.74, 6) is -0.437. The summed E-state index contributed by atoms with van der Waals surface area (Å²) in [7, 11) is 2.99. The standard InChI is InChI=1S/C19H19BrFNO4/c1-12(23)15-9-14(20)5-7-17(15)26-11-19(24)22(2)10-13-4-6-18(25-3)16(21)8-13/h4-9H,10-11H2,1-3H3. The van der Waals surface area contributed by atoms with Crippen molar-refractivity contribution in [2.24, 2.45) is 0 Å². The van der Waals surface area contributed by atoms with Crippen molar-refractivity contribution < 1.29 is 23.5 Å². The third-order valence-electron chi connectivity index (χ3n) is 3.73. The number of methoxy groups -OCH3 is 1. The Morgan fingerprint density at radius 2 is 1.85 bits per heavy atom. The lowest BCUT2D eigenvalue weighted by atomic mass is 10.1. The van der Waals surface area contributed by atoms with Gasteiger partial charge in [0, 0.05) is 18.1 Å². The maximum absolute atomic E-state index is 13.7. The van der Waals surface area contributed by atoms with Crippen molar-refractivity contribution in [1.82, 2.24) is 4.90 Å². The summed E-state index contributed by atoms with van der Waals surface area (Å²) in [6.07, 6.45) is 0. The number of rotatable bonds is 7. The molecule has 0 fully saturated rings. The Morgan fingerprint density at radius 1 is 1.15 bits per heavy atom. The largest absolute Gasteiger partial charge is 0.494 e. The molecule has 0 bridgehead atoms. The molecule has 0 unspecified atom stereocenters. The second kappa shape index (κ2) is 8.80. The highest BCUT2D eigenvalue weighted by Gasteiger charge is 2.14. The second-order valence-corrected chi connectivity index (χ2v) is 6.62. The Bertz CT molecular complexity index is 825. The Hall–Kier alpha value is -2.41. The number of amides is 1. The molecule has 7 heteroatoms. The third-order valence-corrected chi connectivity index (χ3v) is 4.23. The van der Waals surface area contributed by atoms with Crippen LogP contribution >= 0.6 is 15.9 Å². The predicted molar refractivity (Wildman–Crippen MR) is 99.1 cm³/mol. The summed E-state index contributed by atoms with van der Waals surface area (Å²) in [4.78, 5) is 25.4. The lowest BCUT2D eigenvalue weighted by Gasteiger charge is -2.18. The van der Waals surface area contributed by atoms with Gasteiger partial charge in [0.15, 0.2) is 24.0 Å². The fourth-order valence-electron chi connectivity index (χ4n) is 2.32. The number of carbonyl (C=O) groups is 2. The van der Waals surface area contributed by atoms with Crippen LogP contribution in [0.25, 0.3) is 0 Å². The number of carbonyl (C=O) groups excluding carboxylic acids is 2. The van der Waals surface area contributed by atoms with Crippen molar-refractivity contribution in [3.63, 3.8) is 0 Å². The zero-order valence-electron chi connectivity index (χ0n) is 14.7. The summed E-state index contributed by atoms with van der Waals surface area (Å²) >= 11 is 3.30. The predicted octanol–water partition coefficient (Wildman–Crippen LogP) is 3.84. The van der Waals surface area contributed by atoms with E-state index in [0.717, 1.165) is 4.47 Å². The number of Topliss-reactive ketones (excluding diaryl/α,β-unsaturated/α-hetero) is 1. The number of nitrogens with zero attached hydrogens (tertiary/aromatic N) is 1. The number of benzene rings is 2. The number of hydrogen-bond donors (Lipinski definition) is 0. The minimum absolute atomic E-state index is 0.151. The molecule has 138 valence electrons. The number of ether oxygens (including phenoxy) is 2. The molecule has 0 aliphatic heterocycles. The normalized spacial score (nSPS) is 10.3. The minimum Gasteiger partial charge on any atom is -0.494 e. The molecule has 0 spiro atoms. The molecule has 0 radical (unpaired) electrons. The highest BCUT2D eigenvalue weighted by atomic mass is 79.9. The minimum atomic E-state index is -0.483. The van der Waals surface area contributed by atoms with Gasteiger partial charge in [-0.15, -0.1) is 0 Å². The molecule has 0 aliphatic carbocycles. The van der Waals surface area contributed by atoms with Gasteiger partial charge in [-0.05, 0) is 42.8 Å². The summed E-state index contributed by atoms with van der Waals surface area (Å²) in [6.45, 7) is 1.43. The van der Waals surface area contributed by atoms with Crippen molar-refractivity contribution in [2.75, 3.05) is 20.8 Å². The van der Waals surface area contributed by atoms with Crippen LogP contribution in [0.3, 0.4) is 0 Å². The maximum Gasteiger partial charge on any atom is 0.260 e. The molecule has 0 N–H and O–H groups in total. The first-order valence-corrected chi connectivity index (χ1v) is 8.60. The summed E-state index contributed by atoms with van der Waals surface area (Å²) in [6, 6.07) is 9.54. The first-order valence-electron chi connectivity index (χ1n) is 7.81. The molecule has 0 aromatic heterocycles. The van der Waals surface area contributed by atoms with Crippen molar-refractivity contribution >= 4 is 27.6 Å². The van der Waals surface area contributed by atoms with E-state index in [0.29, 0.717) is 16.9 Å². The first-order chi connectivity index (χ1) is 12.3. The van der Waals surface area contributed by atoms with E-state index in [1.165, 1.54) is 31.1 Å². The van der Waals surface area contributed by atoms with Crippen LogP contribution in [0.4, 0.5) is 4.39 Å². The molecule has 2 rings (SSSR count). The van der Waals surface area contributed by atoms with E-state index >= 15 is 0 Å². The molecular formula is C19H19BrFNO4. The molecule has 0 atom stereocenters. The van der Waals surface area contributed by atoms with Crippen LogP contribution in [0.5, 0.6) is 11.5 Å². The van der Waals surface area contributed by atoms with Crippen molar-refractivity contribution in [1.29, 1.82) is 0 Å². The average molecular weight is 424 g/mol. The number of likely N-dealkylation sites (N-methyl/N-ethyl adjacent to an activating group) is 1. The zero-order valence-corrected chi connectivity index (χ0v) is 16.3. The summed E-state index contributed by atoms with van der Waals surface area (Å²) in [5.41, 5.74) is 1.03. The molecule has 0 aliphatic rings. The van der Waals surface area contributed by atoms with Gasteiger partial charge in [0.05, 0.1) is 12.7 Å². The van der Waals surface area contributed by atoms with Crippen LogP contribution in [0, 0.1) is 5.82 Å². The van der Waals surface area contributed by atoms with Crippen LogP contribution in [0.2, 0.25) is 0 Å². The van der Waals surface area contributed by atoms with Crippen molar-refractivity contribution in [2.45, 2.75) is 13.5 Å². The van der Waals surface area contributed by atoms with E-state index in [9.17, 15) is 14.0 Å². The quantitative estimate of drug-likeness (QED) is 0.634. The fourth-order valence-corrected chi connectivity index (χ4v) is 2.68. The lowest BCUT2D eigenvalue weighted by molar-refractivity contribution is -0.132. The lowest BCUT2D eigenvalue weighted by Crippen LogP contribution is -2.31. The number of halogens is 2. The van der Waals surface area contributed by atoms with Crippen LogP contribution in [-0.2, 0) is 11.3 Å². The van der Waals surface area contributed by atoms with E-state index in [1.54, 1.807) is 31.3 Å². The SMILES string of the molecule is COc1ccc(CN(C)C(=O)COc2ccc(Br)cc2C(C)=O)cc1F. The molecule has 2 aromatic carbocycles. The zero-order chi connectivity index (χ0) is 19.3. The van der Waals surface area contributed by atoms with Gasteiger partial charge in [-0.1, -0.05) is 22.0 Å². The average Bonchev–Trinajstić information content (AvgIpc) is 2.60. The number of ketones is 1. The maximum atomic E-state index is 13.7. The van der Waals surface area contributed by atoms with Crippen LogP contribution < -0.4 is 9.47 Å². The second-order valence-electron chi connectivity index (χ2n) is 5.70. The topological polar surface area (TPSA) is 55.8 Å². The molecule has 0 heterocycles. The van der Waals surface area contributed by atoms with Gasteiger partial charge < -0.3 is 14.4 Å². The Balaban J connectivity index is 2.00. The van der Waals surface area contributed by atoms with Crippen molar-refractivity contribution in [3.8, 4) is 11.5 Å². The van der Waals surface area contributed by atoms with E-state index in [-0.39, 0.29) is 30.6 Å². The van der Waals surface area contributed by atoms with E-state index in [4.69, 9.17) is 9.47 Å². The molecule has 1 amide bonds. The summed E-state index contributed by atoms with van der Waals surface area (Å²) < 4.78 is 24.9. The first kappa shape index (κ1) is 19.9. The Kier molecular flexibility index (Phi) is 6.74. The van der Waals surface area contributed by atoms with Gasteiger partial charge in [0.2, 0.25) is 0 Å². The smallest absolute Gasteiger partial charge is 0.260 e. The molecular weight excluding hydrogens is 405 g/mol. The van der Waals surface area contributed by atoms with Crippen molar-refractivity contribution in [3.05, 3.63) is 57.8 Å². The van der Waals surface area contributed by atoms with Crippen LogP contribution in [-0.4, -0.2) is 37.4 Å². The highest BCUT2D eigenvalue weighted by molar-refractivity contribution is 9.10. The van der Waals surface area contributed by atoms with E-state index in [1.807, 2.05) is 0 Å². The monoisotopic (exact) mass is 423 g/mol. The van der Waals surface area contributed by atoms with Gasteiger partial charge in [-0.2, -0.15) is 0 Å². The highest BCUT2D eigenvalue weighted by Crippen LogP contribution is 2.24. The van der Waals surface area contributed by atoms with Gasteiger partial charge in [-0.3, -0.25) is 9.59 Å². The van der Waals surface area contributed by atoms with Gasteiger partial charge in [0.1, 0.15) is 5.75 Å². The molecule has 2 aromatic rings. The fraction of sp³-hybridized carbons (Fsp3) is 0.263.